The Bertz CT molecular complexity index is 373. The standard InChI is InChI=1S/C11H17N3OS/c15-8-4-5-14-10(7-8)12-11(13-14)9-3-1-2-6-16-9/h8-9,15H,1-7H2. The minimum atomic E-state index is -0.219. The van der Waals surface area contributed by atoms with Gasteiger partial charge in [0.2, 0.25) is 0 Å². The van der Waals surface area contributed by atoms with Crippen molar-refractivity contribution in [3.63, 3.8) is 0 Å². The van der Waals surface area contributed by atoms with E-state index < -0.39 is 0 Å². The zero-order valence-corrected chi connectivity index (χ0v) is 10.1. The molecule has 0 amide bonds. The van der Waals surface area contributed by atoms with Gasteiger partial charge in [0, 0.05) is 13.0 Å². The number of nitrogens with zero attached hydrogens (tertiary/aromatic N) is 3. The lowest BCUT2D eigenvalue weighted by atomic mass is 10.1. The van der Waals surface area contributed by atoms with E-state index in [2.05, 4.69) is 10.1 Å². The molecule has 1 fully saturated rings. The SMILES string of the molecule is OC1CCn2nc(C3CCCCS3)nc2C1. The van der Waals surface area contributed by atoms with Crippen molar-refractivity contribution in [2.45, 2.75) is 50.0 Å². The molecule has 0 aromatic carbocycles. The molecular weight excluding hydrogens is 222 g/mol. The Morgan fingerprint density at radius 2 is 2.25 bits per heavy atom. The molecule has 0 bridgehead atoms. The predicted octanol–water partition coefficient (Wildman–Crippen LogP) is 1.54. The molecule has 1 aromatic heterocycles. The fourth-order valence-electron chi connectivity index (χ4n) is 2.39. The first-order valence-electron chi connectivity index (χ1n) is 6.06. The molecule has 3 heterocycles. The second kappa shape index (κ2) is 4.37. The van der Waals surface area contributed by atoms with Crippen LogP contribution in [-0.2, 0) is 13.0 Å². The largest absolute Gasteiger partial charge is 0.393 e. The van der Waals surface area contributed by atoms with Gasteiger partial charge in [-0.2, -0.15) is 16.9 Å². The van der Waals surface area contributed by atoms with Gasteiger partial charge >= 0.3 is 0 Å². The van der Waals surface area contributed by atoms with Crippen molar-refractivity contribution in [2.24, 2.45) is 0 Å². The quantitative estimate of drug-likeness (QED) is 0.807. The first kappa shape index (κ1) is 10.6. The summed E-state index contributed by atoms with van der Waals surface area (Å²) >= 11 is 1.98. The highest BCUT2D eigenvalue weighted by molar-refractivity contribution is 7.99. The summed E-state index contributed by atoms with van der Waals surface area (Å²) in [6.07, 6.45) is 5.09. The Labute approximate surface area is 99.4 Å². The Morgan fingerprint density at radius 1 is 1.31 bits per heavy atom. The van der Waals surface area contributed by atoms with Crippen molar-refractivity contribution < 1.29 is 5.11 Å². The summed E-state index contributed by atoms with van der Waals surface area (Å²) in [6.45, 7) is 0.820. The fourth-order valence-corrected chi connectivity index (χ4v) is 3.63. The molecule has 2 unspecified atom stereocenters. The summed E-state index contributed by atoms with van der Waals surface area (Å²) in [7, 11) is 0. The molecule has 0 radical (unpaired) electrons. The van der Waals surface area contributed by atoms with Crippen LogP contribution in [0.4, 0.5) is 0 Å². The van der Waals surface area contributed by atoms with Crippen LogP contribution < -0.4 is 0 Å². The van der Waals surface area contributed by atoms with Gasteiger partial charge in [-0.25, -0.2) is 9.67 Å². The summed E-state index contributed by atoms with van der Waals surface area (Å²) < 4.78 is 1.98. The molecule has 16 heavy (non-hydrogen) atoms. The number of thioether (sulfide) groups is 1. The van der Waals surface area contributed by atoms with Crippen LogP contribution in [0.1, 0.15) is 42.6 Å². The van der Waals surface area contributed by atoms with Gasteiger partial charge in [0.1, 0.15) is 5.82 Å². The van der Waals surface area contributed by atoms with Gasteiger partial charge in [-0.15, -0.1) is 0 Å². The number of rotatable bonds is 1. The Balaban J connectivity index is 1.80. The van der Waals surface area contributed by atoms with E-state index in [0.717, 1.165) is 24.6 Å². The third-order valence-corrected chi connectivity index (χ3v) is 4.70. The lowest BCUT2D eigenvalue weighted by molar-refractivity contribution is 0.138. The topological polar surface area (TPSA) is 50.9 Å². The minimum absolute atomic E-state index is 0.219. The van der Waals surface area contributed by atoms with Gasteiger partial charge in [-0.1, -0.05) is 6.42 Å². The van der Waals surface area contributed by atoms with Gasteiger partial charge in [0.15, 0.2) is 5.82 Å². The van der Waals surface area contributed by atoms with Gasteiger partial charge in [0.05, 0.1) is 11.4 Å². The van der Waals surface area contributed by atoms with Crippen LogP contribution in [0.25, 0.3) is 0 Å². The van der Waals surface area contributed by atoms with Crippen molar-refractivity contribution in [2.75, 3.05) is 5.75 Å². The van der Waals surface area contributed by atoms with Crippen LogP contribution in [0.2, 0.25) is 0 Å². The highest BCUT2D eigenvalue weighted by Crippen LogP contribution is 2.36. The number of hydrogen-bond acceptors (Lipinski definition) is 4. The van der Waals surface area contributed by atoms with Crippen LogP contribution in [0, 0.1) is 0 Å². The Morgan fingerprint density at radius 3 is 3.06 bits per heavy atom. The minimum Gasteiger partial charge on any atom is -0.393 e. The average Bonchev–Trinajstić information content (AvgIpc) is 2.73. The molecule has 5 heteroatoms. The van der Waals surface area contributed by atoms with Gasteiger partial charge < -0.3 is 5.11 Å². The van der Waals surface area contributed by atoms with Crippen molar-refractivity contribution >= 4 is 11.8 Å². The Hall–Kier alpha value is -0.550. The number of aromatic nitrogens is 3. The van der Waals surface area contributed by atoms with E-state index >= 15 is 0 Å². The van der Waals surface area contributed by atoms with Gasteiger partial charge in [-0.3, -0.25) is 0 Å². The van der Waals surface area contributed by atoms with Crippen LogP contribution in [0.5, 0.6) is 0 Å². The van der Waals surface area contributed by atoms with E-state index in [1.54, 1.807) is 0 Å². The third-order valence-electron chi connectivity index (χ3n) is 3.32. The maximum atomic E-state index is 9.59. The average molecular weight is 239 g/mol. The number of aliphatic hydroxyl groups is 1. The Kier molecular flexibility index (Phi) is 2.90. The number of hydrogen-bond donors (Lipinski definition) is 1. The maximum Gasteiger partial charge on any atom is 0.163 e. The number of fused-ring (bicyclic) bond motifs is 1. The highest BCUT2D eigenvalue weighted by atomic mass is 32.2. The molecule has 0 saturated carbocycles. The normalized spacial score (nSPS) is 30.1. The summed E-state index contributed by atoms with van der Waals surface area (Å²) in [6, 6.07) is 0. The molecule has 4 nitrogen and oxygen atoms in total. The zero-order chi connectivity index (χ0) is 11.0. The van der Waals surface area contributed by atoms with E-state index in [0.29, 0.717) is 11.7 Å². The number of aliphatic hydroxyl groups excluding tert-OH is 1. The third kappa shape index (κ3) is 1.98. The van der Waals surface area contributed by atoms with Gasteiger partial charge in [0.25, 0.3) is 0 Å². The molecule has 1 N–H and O–H groups in total. The summed E-state index contributed by atoms with van der Waals surface area (Å²) in [4.78, 5) is 4.60. The predicted molar refractivity (Wildman–Crippen MR) is 63.4 cm³/mol. The van der Waals surface area contributed by atoms with Gasteiger partial charge in [-0.05, 0) is 25.0 Å². The fraction of sp³-hybridized carbons (Fsp3) is 0.818. The van der Waals surface area contributed by atoms with Crippen molar-refractivity contribution in [3.8, 4) is 0 Å². The maximum absolute atomic E-state index is 9.59. The van der Waals surface area contributed by atoms with E-state index in [9.17, 15) is 5.11 Å². The van der Waals surface area contributed by atoms with E-state index in [4.69, 9.17) is 0 Å². The van der Waals surface area contributed by atoms with E-state index in [1.165, 1.54) is 25.0 Å². The van der Waals surface area contributed by atoms with Crippen molar-refractivity contribution in [1.29, 1.82) is 0 Å². The van der Waals surface area contributed by atoms with Crippen LogP contribution >= 0.6 is 11.8 Å². The van der Waals surface area contributed by atoms with E-state index in [1.807, 2.05) is 16.4 Å². The molecule has 0 spiro atoms. The zero-order valence-electron chi connectivity index (χ0n) is 9.30. The molecule has 88 valence electrons. The smallest absolute Gasteiger partial charge is 0.163 e. The molecule has 3 rings (SSSR count). The summed E-state index contributed by atoms with van der Waals surface area (Å²) in [5.74, 6) is 3.20. The van der Waals surface area contributed by atoms with E-state index in [-0.39, 0.29) is 6.10 Å². The second-order valence-electron chi connectivity index (χ2n) is 4.61. The first-order chi connectivity index (χ1) is 7.83. The van der Waals surface area contributed by atoms with Crippen LogP contribution in [0.3, 0.4) is 0 Å². The molecular formula is C11H17N3OS. The lowest BCUT2D eigenvalue weighted by Crippen LogP contribution is -2.23. The first-order valence-corrected chi connectivity index (χ1v) is 7.11. The molecule has 1 saturated heterocycles. The van der Waals surface area contributed by atoms with Crippen LogP contribution in [-0.4, -0.2) is 31.7 Å². The number of aryl methyl sites for hydroxylation is 1. The van der Waals surface area contributed by atoms with Crippen LogP contribution in [0.15, 0.2) is 0 Å². The monoisotopic (exact) mass is 239 g/mol. The van der Waals surface area contributed by atoms with Crippen molar-refractivity contribution in [1.82, 2.24) is 14.8 Å². The highest BCUT2D eigenvalue weighted by Gasteiger charge is 2.25. The summed E-state index contributed by atoms with van der Waals surface area (Å²) in [5, 5.41) is 14.7. The molecule has 1 aromatic rings. The van der Waals surface area contributed by atoms with Crippen molar-refractivity contribution in [3.05, 3.63) is 11.6 Å². The molecule has 2 aliphatic rings. The summed E-state index contributed by atoms with van der Waals surface area (Å²) in [5.41, 5.74) is 0. The lowest BCUT2D eigenvalue weighted by Gasteiger charge is -2.17. The molecule has 0 aliphatic carbocycles. The molecule has 2 atom stereocenters. The molecule has 2 aliphatic heterocycles. The second-order valence-corrected chi connectivity index (χ2v) is 5.92.